The van der Waals surface area contributed by atoms with E-state index in [1.807, 2.05) is 37.3 Å². The third-order valence-corrected chi connectivity index (χ3v) is 1.74. The number of carbonyl (C=O) groups is 1. The molecule has 0 aromatic heterocycles. The van der Waals surface area contributed by atoms with Crippen LogP contribution in [-0.4, -0.2) is 12.6 Å². The quantitative estimate of drug-likeness (QED) is 0.685. The summed E-state index contributed by atoms with van der Waals surface area (Å²) >= 11 is 0. The fourth-order valence-corrected chi connectivity index (χ4v) is 1.12. The van der Waals surface area contributed by atoms with Crippen molar-refractivity contribution in [2.45, 2.75) is 13.8 Å². The molecule has 1 aromatic rings. The fraction of sp³-hybridized carbons (Fsp3) is 0.250. The van der Waals surface area contributed by atoms with Crippen LogP contribution in [0.3, 0.4) is 0 Å². The lowest BCUT2D eigenvalue weighted by Crippen LogP contribution is -1.97. The molecule has 2 nitrogen and oxygen atoms in total. The van der Waals surface area contributed by atoms with Crippen molar-refractivity contribution in [1.29, 1.82) is 0 Å². The van der Waals surface area contributed by atoms with Crippen LogP contribution in [-0.2, 0) is 9.53 Å². The number of aryl methyl sites for hydroxylation is 1. The largest absolute Gasteiger partial charge is 0.462 e. The van der Waals surface area contributed by atoms with Crippen molar-refractivity contribution < 1.29 is 9.53 Å². The van der Waals surface area contributed by atoms with Gasteiger partial charge in [-0.2, -0.15) is 0 Å². The predicted molar refractivity (Wildman–Crippen MR) is 56.8 cm³/mol. The van der Waals surface area contributed by atoms with E-state index in [0.717, 1.165) is 5.56 Å². The monoisotopic (exact) mass is 190 g/mol. The lowest BCUT2D eigenvalue weighted by Gasteiger charge is -1.96. The molecule has 0 amide bonds. The molecule has 1 aromatic carbocycles. The van der Waals surface area contributed by atoms with Crippen LogP contribution in [0.25, 0.3) is 6.08 Å². The zero-order valence-corrected chi connectivity index (χ0v) is 8.49. The van der Waals surface area contributed by atoms with E-state index in [0.29, 0.717) is 6.61 Å². The molecular weight excluding hydrogens is 176 g/mol. The van der Waals surface area contributed by atoms with Crippen molar-refractivity contribution >= 4 is 12.0 Å². The number of esters is 1. The van der Waals surface area contributed by atoms with Gasteiger partial charge >= 0.3 is 5.97 Å². The molecule has 0 fully saturated rings. The SMILES string of the molecule is CC(=O)OCC=Cc1cccc(C)c1. The molecule has 74 valence electrons. The maximum atomic E-state index is 10.5. The first-order valence-corrected chi connectivity index (χ1v) is 4.55. The minimum absolute atomic E-state index is 0.251. The van der Waals surface area contributed by atoms with Crippen molar-refractivity contribution in [2.75, 3.05) is 6.61 Å². The van der Waals surface area contributed by atoms with Gasteiger partial charge in [0.05, 0.1) is 0 Å². The van der Waals surface area contributed by atoms with Crippen LogP contribution in [0.15, 0.2) is 30.3 Å². The van der Waals surface area contributed by atoms with Crippen LogP contribution >= 0.6 is 0 Å². The Labute approximate surface area is 84.2 Å². The number of hydrogen-bond donors (Lipinski definition) is 0. The molecule has 0 radical (unpaired) electrons. The second kappa shape index (κ2) is 5.22. The summed E-state index contributed by atoms with van der Waals surface area (Å²) < 4.78 is 4.77. The fourth-order valence-electron chi connectivity index (χ4n) is 1.12. The van der Waals surface area contributed by atoms with Crippen LogP contribution in [0, 0.1) is 6.92 Å². The third-order valence-electron chi connectivity index (χ3n) is 1.74. The van der Waals surface area contributed by atoms with Crippen LogP contribution < -0.4 is 0 Å². The molecular formula is C12H14O2. The summed E-state index contributed by atoms with van der Waals surface area (Å²) in [5.74, 6) is -0.251. The van der Waals surface area contributed by atoms with E-state index in [1.165, 1.54) is 12.5 Å². The van der Waals surface area contributed by atoms with Gasteiger partial charge < -0.3 is 4.74 Å². The Morgan fingerprint density at radius 3 is 2.93 bits per heavy atom. The van der Waals surface area contributed by atoms with Crippen molar-refractivity contribution in [3.05, 3.63) is 41.5 Å². The molecule has 2 heteroatoms. The van der Waals surface area contributed by atoms with Crippen LogP contribution in [0.4, 0.5) is 0 Å². The summed E-state index contributed by atoms with van der Waals surface area (Å²) in [6.07, 6.45) is 3.77. The summed E-state index contributed by atoms with van der Waals surface area (Å²) in [6.45, 7) is 3.78. The molecule has 0 N–H and O–H groups in total. The van der Waals surface area contributed by atoms with E-state index in [1.54, 1.807) is 0 Å². The lowest BCUT2D eigenvalue weighted by molar-refractivity contribution is -0.139. The molecule has 0 bridgehead atoms. The van der Waals surface area contributed by atoms with Gasteiger partial charge in [0, 0.05) is 6.92 Å². The molecule has 0 unspecified atom stereocenters. The molecule has 0 saturated heterocycles. The molecule has 14 heavy (non-hydrogen) atoms. The topological polar surface area (TPSA) is 26.3 Å². The van der Waals surface area contributed by atoms with Gasteiger partial charge in [0.1, 0.15) is 6.61 Å². The zero-order chi connectivity index (χ0) is 10.4. The summed E-state index contributed by atoms with van der Waals surface area (Å²) in [5, 5.41) is 0. The first-order valence-electron chi connectivity index (χ1n) is 4.55. The van der Waals surface area contributed by atoms with E-state index in [4.69, 9.17) is 4.74 Å². The highest BCUT2D eigenvalue weighted by Gasteiger charge is 1.89. The van der Waals surface area contributed by atoms with Gasteiger partial charge in [-0.3, -0.25) is 4.79 Å². The minimum atomic E-state index is -0.251. The van der Waals surface area contributed by atoms with Gasteiger partial charge in [-0.15, -0.1) is 0 Å². The molecule has 1 rings (SSSR count). The van der Waals surface area contributed by atoms with Crippen molar-refractivity contribution in [3.8, 4) is 0 Å². The Bertz CT molecular complexity index is 340. The van der Waals surface area contributed by atoms with Crippen molar-refractivity contribution in [1.82, 2.24) is 0 Å². The van der Waals surface area contributed by atoms with Crippen molar-refractivity contribution in [2.24, 2.45) is 0 Å². The van der Waals surface area contributed by atoms with E-state index in [-0.39, 0.29) is 5.97 Å². The molecule has 0 atom stereocenters. The number of ether oxygens (including phenoxy) is 1. The van der Waals surface area contributed by atoms with Crippen LogP contribution in [0.2, 0.25) is 0 Å². The summed E-state index contributed by atoms with van der Waals surface area (Å²) in [7, 11) is 0. The first kappa shape index (κ1) is 10.5. The van der Waals surface area contributed by atoms with Gasteiger partial charge in [-0.05, 0) is 18.6 Å². The number of rotatable bonds is 3. The number of carbonyl (C=O) groups excluding carboxylic acids is 1. The maximum absolute atomic E-state index is 10.5. The smallest absolute Gasteiger partial charge is 0.302 e. The Balaban J connectivity index is 2.47. The Kier molecular flexibility index (Phi) is 3.92. The normalized spacial score (nSPS) is 10.4. The molecule has 0 aliphatic rings. The van der Waals surface area contributed by atoms with Gasteiger partial charge in [0.2, 0.25) is 0 Å². The van der Waals surface area contributed by atoms with Gasteiger partial charge in [0.25, 0.3) is 0 Å². The molecule has 0 spiro atoms. The highest BCUT2D eigenvalue weighted by atomic mass is 16.5. The summed E-state index contributed by atoms with van der Waals surface area (Å²) in [4.78, 5) is 10.5. The first-order chi connectivity index (χ1) is 6.68. The summed E-state index contributed by atoms with van der Waals surface area (Å²) in [5.41, 5.74) is 2.34. The van der Waals surface area contributed by atoms with Gasteiger partial charge in [-0.25, -0.2) is 0 Å². The average Bonchev–Trinajstić information content (AvgIpc) is 2.12. The summed E-state index contributed by atoms with van der Waals surface area (Å²) in [6, 6.07) is 8.13. The molecule has 0 aliphatic carbocycles. The minimum Gasteiger partial charge on any atom is -0.462 e. The third kappa shape index (κ3) is 3.90. The Hall–Kier alpha value is -1.57. The highest BCUT2D eigenvalue weighted by Crippen LogP contribution is 2.05. The average molecular weight is 190 g/mol. The zero-order valence-electron chi connectivity index (χ0n) is 8.49. The lowest BCUT2D eigenvalue weighted by atomic mass is 10.1. The second-order valence-electron chi connectivity index (χ2n) is 3.12. The molecule has 0 heterocycles. The molecule has 0 aliphatic heterocycles. The standard InChI is InChI=1S/C12H14O2/c1-10-5-3-6-12(9-10)7-4-8-14-11(2)13/h3-7,9H,8H2,1-2H3. The van der Waals surface area contributed by atoms with Gasteiger partial charge in [-0.1, -0.05) is 35.9 Å². The number of benzene rings is 1. The Morgan fingerprint density at radius 1 is 1.50 bits per heavy atom. The second-order valence-corrected chi connectivity index (χ2v) is 3.12. The van der Waals surface area contributed by atoms with E-state index in [2.05, 4.69) is 6.07 Å². The maximum Gasteiger partial charge on any atom is 0.302 e. The molecule has 0 saturated carbocycles. The predicted octanol–water partition coefficient (Wildman–Crippen LogP) is 2.57. The highest BCUT2D eigenvalue weighted by molar-refractivity contribution is 5.66. The number of hydrogen-bond acceptors (Lipinski definition) is 2. The van der Waals surface area contributed by atoms with Crippen LogP contribution in [0.5, 0.6) is 0 Å². The van der Waals surface area contributed by atoms with Crippen LogP contribution in [0.1, 0.15) is 18.1 Å². The van der Waals surface area contributed by atoms with E-state index in [9.17, 15) is 4.79 Å². The van der Waals surface area contributed by atoms with Crippen molar-refractivity contribution in [3.63, 3.8) is 0 Å². The van der Waals surface area contributed by atoms with E-state index >= 15 is 0 Å². The Morgan fingerprint density at radius 2 is 2.29 bits per heavy atom. The van der Waals surface area contributed by atoms with E-state index < -0.39 is 0 Å². The van der Waals surface area contributed by atoms with Gasteiger partial charge in [0.15, 0.2) is 0 Å².